The molecule has 0 aliphatic rings. The maximum Gasteiger partial charge on any atom is 0.261 e. The molecule has 3 aromatic rings. The molecule has 0 spiro atoms. The zero-order valence-electron chi connectivity index (χ0n) is 19.3. The highest BCUT2D eigenvalue weighted by Gasteiger charge is 2.21. The summed E-state index contributed by atoms with van der Waals surface area (Å²) in [5.74, 6) is -0.327. The minimum absolute atomic E-state index is 0.0242. The summed E-state index contributed by atoms with van der Waals surface area (Å²) in [5.41, 5.74) is 1.28. The fraction of sp³-hybridized carbons (Fsp3) is 0.360. The third-order valence-electron chi connectivity index (χ3n) is 5.63. The first-order valence-corrected chi connectivity index (χ1v) is 12.8. The van der Waals surface area contributed by atoms with Crippen molar-refractivity contribution in [2.24, 2.45) is 0 Å². The van der Waals surface area contributed by atoms with Crippen LogP contribution in [0.25, 0.3) is 10.9 Å². The van der Waals surface area contributed by atoms with E-state index >= 15 is 0 Å². The molecule has 1 amide bonds. The number of carbonyl (C=O) groups excluding carboxylic acids is 1. The molecule has 1 aromatic heterocycles. The van der Waals surface area contributed by atoms with Crippen molar-refractivity contribution in [3.63, 3.8) is 0 Å². The second-order valence-electron chi connectivity index (χ2n) is 8.16. The van der Waals surface area contributed by atoms with Crippen LogP contribution >= 0.6 is 0 Å². The third kappa shape index (κ3) is 5.63. The standard InChI is InChI=1S/C25H31N3O4S/c1-4-6-14-28(15-7-5-2)25(30)21-17-26-23-13-12-19(16-20(23)24(21)29)33(31,32)27-22-11-9-8-10-18(22)3/h8-13,16-17,27H,4-7,14-15H2,1-3H3,(H,26,29). The number of sulfonamides is 1. The maximum atomic E-state index is 13.2. The molecule has 0 fully saturated rings. The first kappa shape index (κ1) is 24.5. The number of rotatable bonds is 10. The first-order chi connectivity index (χ1) is 15.8. The Labute approximate surface area is 194 Å². The van der Waals surface area contributed by atoms with E-state index in [9.17, 15) is 18.0 Å². The summed E-state index contributed by atoms with van der Waals surface area (Å²) >= 11 is 0. The van der Waals surface area contributed by atoms with Crippen LogP contribution in [-0.4, -0.2) is 37.3 Å². The van der Waals surface area contributed by atoms with Gasteiger partial charge in [0.15, 0.2) is 0 Å². The van der Waals surface area contributed by atoms with E-state index in [1.165, 1.54) is 18.3 Å². The third-order valence-corrected chi connectivity index (χ3v) is 7.00. The number of hydrogen-bond acceptors (Lipinski definition) is 4. The molecular formula is C25H31N3O4S. The molecule has 0 atom stereocenters. The Bertz CT molecular complexity index is 1290. The van der Waals surface area contributed by atoms with Gasteiger partial charge in [-0.05, 0) is 49.6 Å². The Balaban J connectivity index is 1.99. The van der Waals surface area contributed by atoms with Gasteiger partial charge >= 0.3 is 0 Å². The van der Waals surface area contributed by atoms with Gasteiger partial charge in [0.1, 0.15) is 5.56 Å². The Hall–Kier alpha value is -3.13. The molecule has 7 nitrogen and oxygen atoms in total. The highest BCUT2D eigenvalue weighted by atomic mass is 32.2. The van der Waals surface area contributed by atoms with Crippen molar-refractivity contribution in [1.82, 2.24) is 9.88 Å². The van der Waals surface area contributed by atoms with Gasteiger partial charge in [0.2, 0.25) is 5.43 Å². The number of H-pyrrole nitrogens is 1. The molecule has 1 heterocycles. The van der Waals surface area contributed by atoms with Crippen molar-refractivity contribution in [1.29, 1.82) is 0 Å². The van der Waals surface area contributed by atoms with Crippen LogP contribution in [0.1, 0.15) is 55.5 Å². The smallest absolute Gasteiger partial charge is 0.261 e. The molecule has 0 aliphatic carbocycles. The number of para-hydroxylation sites is 1. The average Bonchev–Trinajstić information content (AvgIpc) is 2.80. The summed E-state index contributed by atoms with van der Waals surface area (Å²) < 4.78 is 28.5. The number of carbonyl (C=O) groups is 1. The van der Waals surface area contributed by atoms with Gasteiger partial charge in [-0.2, -0.15) is 0 Å². The molecule has 0 bridgehead atoms. The number of aromatic nitrogens is 1. The topological polar surface area (TPSA) is 99.3 Å². The highest BCUT2D eigenvalue weighted by Crippen LogP contribution is 2.21. The van der Waals surface area contributed by atoms with Crippen molar-refractivity contribution < 1.29 is 13.2 Å². The van der Waals surface area contributed by atoms with E-state index in [4.69, 9.17) is 0 Å². The predicted octanol–water partition coefficient (Wildman–Crippen LogP) is 4.68. The van der Waals surface area contributed by atoms with Gasteiger partial charge in [-0.1, -0.05) is 44.9 Å². The Morgan fingerprint density at radius 2 is 1.70 bits per heavy atom. The van der Waals surface area contributed by atoms with Crippen LogP contribution in [0.3, 0.4) is 0 Å². The lowest BCUT2D eigenvalue weighted by Crippen LogP contribution is -2.36. The quantitative estimate of drug-likeness (QED) is 0.450. The molecule has 0 unspecified atom stereocenters. The summed E-state index contributed by atoms with van der Waals surface area (Å²) in [6, 6.07) is 11.4. The van der Waals surface area contributed by atoms with Gasteiger partial charge in [-0.25, -0.2) is 8.42 Å². The van der Waals surface area contributed by atoms with Crippen molar-refractivity contribution in [2.45, 2.75) is 51.3 Å². The van der Waals surface area contributed by atoms with E-state index in [-0.39, 0.29) is 21.8 Å². The van der Waals surface area contributed by atoms with Crippen molar-refractivity contribution in [3.8, 4) is 0 Å². The summed E-state index contributed by atoms with van der Waals surface area (Å²) in [4.78, 5) is 31.0. The first-order valence-electron chi connectivity index (χ1n) is 11.3. The molecule has 2 N–H and O–H groups in total. The molecule has 0 saturated carbocycles. The van der Waals surface area contributed by atoms with Crippen LogP contribution in [-0.2, 0) is 10.0 Å². The van der Waals surface area contributed by atoms with E-state index in [1.807, 2.05) is 19.1 Å². The number of nitrogens with zero attached hydrogens (tertiary/aromatic N) is 1. The van der Waals surface area contributed by atoms with Crippen LogP contribution in [0.2, 0.25) is 0 Å². The molecule has 176 valence electrons. The minimum atomic E-state index is -3.92. The van der Waals surface area contributed by atoms with Crippen LogP contribution in [0.4, 0.5) is 5.69 Å². The normalized spacial score (nSPS) is 11.5. The molecule has 33 heavy (non-hydrogen) atoms. The highest BCUT2D eigenvalue weighted by molar-refractivity contribution is 7.92. The van der Waals surface area contributed by atoms with Crippen LogP contribution in [0.15, 0.2) is 58.4 Å². The van der Waals surface area contributed by atoms with Gasteiger partial charge in [-0.15, -0.1) is 0 Å². The number of fused-ring (bicyclic) bond motifs is 1. The van der Waals surface area contributed by atoms with Crippen LogP contribution in [0, 0.1) is 6.92 Å². The maximum absolute atomic E-state index is 13.2. The lowest BCUT2D eigenvalue weighted by Gasteiger charge is -2.22. The van der Waals surface area contributed by atoms with Gasteiger partial charge in [-0.3, -0.25) is 14.3 Å². The SMILES string of the molecule is CCCCN(CCCC)C(=O)c1c[nH]c2ccc(S(=O)(=O)Nc3ccccc3C)cc2c1=O. The van der Waals surface area contributed by atoms with Crippen molar-refractivity contribution in [2.75, 3.05) is 17.8 Å². The van der Waals surface area contributed by atoms with E-state index in [1.54, 1.807) is 23.1 Å². The molecule has 0 radical (unpaired) electrons. The molecule has 2 aromatic carbocycles. The monoisotopic (exact) mass is 469 g/mol. The number of nitrogens with one attached hydrogen (secondary N) is 2. The Morgan fingerprint density at radius 1 is 1.03 bits per heavy atom. The van der Waals surface area contributed by atoms with E-state index in [2.05, 4.69) is 23.6 Å². The Morgan fingerprint density at radius 3 is 2.33 bits per heavy atom. The second kappa shape index (κ2) is 10.7. The van der Waals surface area contributed by atoms with Crippen LogP contribution < -0.4 is 10.2 Å². The van der Waals surface area contributed by atoms with Gasteiger partial charge in [0.25, 0.3) is 15.9 Å². The molecule has 3 rings (SSSR count). The summed E-state index contributed by atoms with van der Waals surface area (Å²) in [5, 5.41) is 0.166. The lowest BCUT2D eigenvalue weighted by atomic mass is 10.1. The number of anilines is 1. The van der Waals surface area contributed by atoms with E-state index in [0.29, 0.717) is 24.3 Å². The number of benzene rings is 2. The fourth-order valence-corrected chi connectivity index (χ4v) is 4.75. The predicted molar refractivity (Wildman–Crippen MR) is 132 cm³/mol. The zero-order chi connectivity index (χ0) is 24.0. The molecule has 0 saturated heterocycles. The zero-order valence-corrected chi connectivity index (χ0v) is 20.2. The molecule has 0 aliphatic heterocycles. The Kier molecular flexibility index (Phi) is 7.92. The minimum Gasteiger partial charge on any atom is -0.360 e. The number of hydrogen-bond donors (Lipinski definition) is 2. The largest absolute Gasteiger partial charge is 0.360 e. The number of aromatic amines is 1. The summed E-state index contributed by atoms with van der Waals surface area (Å²) in [6.07, 6.45) is 5.03. The summed E-state index contributed by atoms with van der Waals surface area (Å²) in [7, 11) is -3.92. The van der Waals surface area contributed by atoms with E-state index < -0.39 is 15.5 Å². The molecular weight excluding hydrogens is 438 g/mol. The number of pyridine rings is 1. The van der Waals surface area contributed by atoms with Gasteiger partial charge in [0, 0.05) is 30.2 Å². The van der Waals surface area contributed by atoms with Gasteiger partial charge < -0.3 is 9.88 Å². The fourth-order valence-electron chi connectivity index (χ4n) is 3.60. The number of amides is 1. The lowest BCUT2D eigenvalue weighted by molar-refractivity contribution is 0.0749. The van der Waals surface area contributed by atoms with Crippen molar-refractivity contribution >= 4 is 32.5 Å². The molecule has 8 heteroatoms. The summed E-state index contributed by atoms with van der Waals surface area (Å²) in [6.45, 7) is 7.09. The van der Waals surface area contributed by atoms with Crippen LogP contribution in [0.5, 0.6) is 0 Å². The number of aryl methyl sites for hydroxylation is 1. The second-order valence-corrected chi connectivity index (χ2v) is 9.84. The van der Waals surface area contributed by atoms with E-state index in [0.717, 1.165) is 31.2 Å². The van der Waals surface area contributed by atoms with Gasteiger partial charge in [0.05, 0.1) is 10.6 Å². The average molecular weight is 470 g/mol. The van der Waals surface area contributed by atoms with Crippen molar-refractivity contribution in [3.05, 3.63) is 70.0 Å². The number of unbranched alkanes of at least 4 members (excludes halogenated alkanes) is 2.